The van der Waals surface area contributed by atoms with Gasteiger partial charge < -0.3 is 9.88 Å². The molecule has 1 heterocycles. The molecule has 4 heteroatoms. The van der Waals surface area contributed by atoms with E-state index < -0.39 is 0 Å². The van der Waals surface area contributed by atoms with E-state index >= 15 is 0 Å². The quantitative estimate of drug-likeness (QED) is 0.858. The lowest BCUT2D eigenvalue weighted by molar-refractivity contribution is 0.0733. The molecule has 0 radical (unpaired) electrons. The van der Waals surface area contributed by atoms with Crippen molar-refractivity contribution >= 4 is 5.91 Å². The zero-order valence-corrected chi connectivity index (χ0v) is 12.3. The number of aromatic nitrogens is 1. The summed E-state index contributed by atoms with van der Waals surface area (Å²) in [5, 5.41) is 0. The summed E-state index contributed by atoms with van der Waals surface area (Å²) in [7, 11) is 0. The molecule has 0 aliphatic carbocycles. The van der Waals surface area contributed by atoms with Crippen molar-refractivity contribution in [1.82, 2.24) is 9.88 Å². The Labute approximate surface area is 114 Å². The van der Waals surface area contributed by atoms with Gasteiger partial charge in [0.25, 0.3) is 5.91 Å². The number of aromatic amines is 1. The van der Waals surface area contributed by atoms with E-state index in [-0.39, 0.29) is 16.9 Å². The fraction of sp³-hybridized carbons (Fsp3) is 0.600. The summed E-state index contributed by atoms with van der Waals surface area (Å²) < 4.78 is 0. The highest BCUT2D eigenvalue weighted by molar-refractivity contribution is 5.93. The van der Waals surface area contributed by atoms with E-state index in [1.807, 2.05) is 6.92 Å². The highest BCUT2D eigenvalue weighted by atomic mass is 16.2. The summed E-state index contributed by atoms with van der Waals surface area (Å²) in [5.41, 5.74) is 0.798. The molecule has 0 bridgehead atoms. The number of carbonyl (C=O) groups is 1. The lowest BCUT2D eigenvalue weighted by Gasteiger charge is -2.25. The standard InChI is InChI=1S/C15H24N2O2/c1-5-12(6-2)10-17(7-3)15(19)13-9-16-11(4)8-14(13)18/h8-9,12H,5-7,10H2,1-4H3,(H,16,18). The van der Waals surface area contributed by atoms with Crippen molar-refractivity contribution in [2.24, 2.45) is 5.92 Å². The third-order valence-electron chi connectivity index (χ3n) is 3.59. The maximum atomic E-state index is 12.4. The molecule has 0 saturated carbocycles. The number of carbonyl (C=O) groups excluding carboxylic acids is 1. The zero-order valence-electron chi connectivity index (χ0n) is 12.3. The lowest BCUT2D eigenvalue weighted by atomic mass is 10.0. The van der Waals surface area contributed by atoms with Gasteiger partial charge in [0.05, 0.1) is 0 Å². The van der Waals surface area contributed by atoms with E-state index in [0.29, 0.717) is 12.5 Å². The largest absolute Gasteiger partial charge is 0.364 e. The minimum atomic E-state index is -0.204. The molecule has 0 spiro atoms. The Balaban J connectivity index is 2.92. The molecular weight excluding hydrogens is 240 g/mol. The number of nitrogens with zero attached hydrogens (tertiary/aromatic N) is 1. The first-order valence-corrected chi connectivity index (χ1v) is 7.02. The van der Waals surface area contributed by atoms with E-state index in [1.165, 1.54) is 12.3 Å². The first-order valence-electron chi connectivity index (χ1n) is 7.02. The molecule has 19 heavy (non-hydrogen) atoms. The van der Waals surface area contributed by atoms with Crippen molar-refractivity contribution in [1.29, 1.82) is 0 Å². The molecule has 1 aromatic heterocycles. The van der Waals surface area contributed by atoms with Crippen molar-refractivity contribution in [2.75, 3.05) is 13.1 Å². The monoisotopic (exact) mass is 264 g/mol. The molecule has 0 fully saturated rings. The molecular formula is C15H24N2O2. The van der Waals surface area contributed by atoms with Crippen LogP contribution >= 0.6 is 0 Å². The van der Waals surface area contributed by atoms with E-state index in [2.05, 4.69) is 18.8 Å². The number of rotatable bonds is 6. The van der Waals surface area contributed by atoms with Crippen molar-refractivity contribution in [3.8, 4) is 0 Å². The van der Waals surface area contributed by atoms with Gasteiger partial charge >= 0.3 is 0 Å². The Morgan fingerprint density at radius 1 is 1.32 bits per heavy atom. The second-order valence-electron chi connectivity index (χ2n) is 4.92. The zero-order chi connectivity index (χ0) is 14.4. The highest BCUT2D eigenvalue weighted by Crippen LogP contribution is 2.11. The van der Waals surface area contributed by atoms with Gasteiger partial charge in [-0.05, 0) is 19.8 Å². The van der Waals surface area contributed by atoms with Gasteiger partial charge in [0.1, 0.15) is 5.56 Å². The third kappa shape index (κ3) is 3.94. The van der Waals surface area contributed by atoms with Crippen LogP contribution in [0.5, 0.6) is 0 Å². The molecule has 0 aromatic carbocycles. The first-order chi connectivity index (χ1) is 9.03. The molecule has 1 aromatic rings. The third-order valence-corrected chi connectivity index (χ3v) is 3.59. The topological polar surface area (TPSA) is 53.2 Å². The second-order valence-corrected chi connectivity index (χ2v) is 4.92. The molecule has 106 valence electrons. The number of amides is 1. The Bertz CT molecular complexity index is 475. The smallest absolute Gasteiger partial charge is 0.259 e. The summed E-state index contributed by atoms with van der Waals surface area (Å²) in [6.45, 7) is 9.36. The van der Waals surface area contributed by atoms with Crippen molar-refractivity contribution in [3.05, 3.63) is 33.7 Å². The first kappa shape index (κ1) is 15.5. The fourth-order valence-corrected chi connectivity index (χ4v) is 2.12. The predicted octanol–water partition coefficient (Wildman–Crippen LogP) is 2.58. The summed E-state index contributed by atoms with van der Waals surface area (Å²) in [6.07, 6.45) is 3.62. The Morgan fingerprint density at radius 3 is 2.42 bits per heavy atom. The van der Waals surface area contributed by atoms with Crippen LogP contribution in [0.3, 0.4) is 0 Å². The molecule has 0 atom stereocenters. The summed E-state index contributed by atoms with van der Waals surface area (Å²) in [4.78, 5) is 28.9. The fourth-order valence-electron chi connectivity index (χ4n) is 2.12. The average Bonchev–Trinajstić information content (AvgIpc) is 2.39. The van der Waals surface area contributed by atoms with Gasteiger partial charge in [0.2, 0.25) is 0 Å². The van der Waals surface area contributed by atoms with Crippen LogP contribution in [-0.4, -0.2) is 28.9 Å². The molecule has 1 amide bonds. The number of nitrogens with one attached hydrogen (secondary N) is 1. The average molecular weight is 264 g/mol. The number of pyridine rings is 1. The van der Waals surface area contributed by atoms with Crippen LogP contribution in [0, 0.1) is 12.8 Å². The molecule has 1 rings (SSSR count). The number of aryl methyl sites for hydroxylation is 1. The van der Waals surface area contributed by atoms with Crippen LogP contribution in [0.1, 0.15) is 49.7 Å². The SMILES string of the molecule is CCC(CC)CN(CC)C(=O)c1c[nH]c(C)cc1=O. The van der Waals surface area contributed by atoms with Gasteiger partial charge in [-0.1, -0.05) is 26.7 Å². The maximum absolute atomic E-state index is 12.4. The van der Waals surface area contributed by atoms with Gasteiger partial charge in [0, 0.05) is 31.0 Å². The number of hydrogen-bond acceptors (Lipinski definition) is 2. The summed E-state index contributed by atoms with van der Waals surface area (Å²) in [6, 6.07) is 1.47. The Hall–Kier alpha value is -1.58. The summed E-state index contributed by atoms with van der Waals surface area (Å²) in [5.74, 6) is 0.323. The van der Waals surface area contributed by atoms with E-state index in [4.69, 9.17) is 0 Å². The van der Waals surface area contributed by atoms with E-state index in [9.17, 15) is 9.59 Å². The highest BCUT2D eigenvalue weighted by Gasteiger charge is 2.19. The Kier molecular flexibility index (Phi) is 5.80. The minimum Gasteiger partial charge on any atom is -0.364 e. The maximum Gasteiger partial charge on any atom is 0.259 e. The van der Waals surface area contributed by atoms with Crippen LogP contribution in [0.25, 0.3) is 0 Å². The van der Waals surface area contributed by atoms with Crippen molar-refractivity contribution < 1.29 is 4.79 Å². The minimum absolute atomic E-state index is 0.171. The normalized spacial score (nSPS) is 10.8. The van der Waals surface area contributed by atoms with Crippen LogP contribution in [0.4, 0.5) is 0 Å². The van der Waals surface area contributed by atoms with Crippen LogP contribution < -0.4 is 5.43 Å². The summed E-state index contributed by atoms with van der Waals surface area (Å²) >= 11 is 0. The lowest BCUT2D eigenvalue weighted by Crippen LogP contribution is -2.37. The molecule has 1 N–H and O–H groups in total. The van der Waals surface area contributed by atoms with E-state index in [0.717, 1.165) is 25.1 Å². The van der Waals surface area contributed by atoms with Crippen LogP contribution in [-0.2, 0) is 0 Å². The predicted molar refractivity (Wildman–Crippen MR) is 77.4 cm³/mol. The molecule has 0 aliphatic rings. The van der Waals surface area contributed by atoms with Gasteiger partial charge in [-0.15, -0.1) is 0 Å². The van der Waals surface area contributed by atoms with Crippen molar-refractivity contribution in [3.63, 3.8) is 0 Å². The Morgan fingerprint density at radius 2 is 1.95 bits per heavy atom. The second kappa shape index (κ2) is 7.12. The van der Waals surface area contributed by atoms with Gasteiger partial charge in [-0.2, -0.15) is 0 Å². The van der Waals surface area contributed by atoms with Gasteiger partial charge in [-0.25, -0.2) is 0 Å². The van der Waals surface area contributed by atoms with Crippen LogP contribution in [0.15, 0.2) is 17.1 Å². The van der Waals surface area contributed by atoms with Gasteiger partial charge in [0.15, 0.2) is 5.43 Å². The molecule has 0 aliphatic heterocycles. The number of H-pyrrole nitrogens is 1. The van der Waals surface area contributed by atoms with E-state index in [1.54, 1.807) is 11.8 Å². The van der Waals surface area contributed by atoms with Gasteiger partial charge in [-0.3, -0.25) is 9.59 Å². The van der Waals surface area contributed by atoms with Crippen LogP contribution in [0.2, 0.25) is 0 Å². The molecule has 0 unspecified atom stereocenters. The number of hydrogen-bond donors (Lipinski definition) is 1. The molecule has 0 saturated heterocycles. The molecule has 4 nitrogen and oxygen atoms in total. The van der Waals surface area contributed by atoms with Crippen molar-refractivity contribution in [2.45, 2.75) is 40.5 Å².